The van der Waals surface area contributed by atoms with Crippen LogP contribution >= 0.6 is 0 Å². The molecule has 3 aromatic rings. The van der Waals surface area contributed by atoms with Gasteiger partial charge in [-0.2, -0.15) is 10.1 Å². The zero-order chi connectivity index (χ0) is 17.1. The van der Waals surface area contributed by atoms with Crippen LogP contribution in [0.1, 0.15) is 42.0 Å². The molecule has 0 spiro atoms. The van der Waals surface area contributed by atoms with Crippen molar-refractivity contribution in [2.45, 2.75) is 39.7 Å². The zero-order valence-corrected chi connectivity index (χ0v) is 14.0. The molecule has 1 unspecified atom stereocenters. The van der Waals surface area contributed by atoms with E-state index >= 15 is 0 Å². The van der Waals surface area contributed by atoms with Crippen LogP contribution < -0.4 is 5.32 Å². The van der Waals surface area contributed by atoms with Gasteiger partial charge in [-0.05, 0) is 44.9 Å². The maximum atomic E-state index is 12.2. The van der Waals surface area contributed by atoms with Gasteiger partial charge >= 0.3 is 0 Å². The number of amides is 1. The van der Waals surface area contributed by atoms with Crippen LogP contribution in [0.25, 0.3) is 5.78 Å². The van der Waals surface area contributed by atoms with Crippen LogP contribution in [0.2, 0.25) is 0 Å². The molecule has 0 radical (unpaired) electrons. The fourth-order valence-corrected chi connectivity index (χ4v) is 2.78. The lowest BCUT2D eigenvalue weighted by molar-refractivity contribution is -0.121. The molecule has 0 aliphatic heterocycles. The maximum absolute atomic E-state index is 12.2. The highest BCUT2D eigenvalue weighted by Crippen LogP contribution is 2.15. The predicted molar refractivity (Wildman–Crippen MR) is 89.4 cm³/mol. The smallest absolute Gasteiger partial charge is 0.252 e. The second-order valence-corrected chi connectivity index (χ2v) is 5.78. The van der Waals surface area contributed by atoms with E-state index in [1.807, 2.05) is 39.0 Å². The third kappa shape index (κ3) is 3.24. The Hall–Kier alpha value is -2.83. The summed E-state index contributed by atoms with van der Waals surface area (Å²) in [6.45, 7) is 5.84. The second kappa shape index (κ2) is 6.74. The van der Waals surface area contributed by atoms with E-state index in [0.29, 0.717) is 18.6 Å². The Morgan fingerprint density at radius 3 is 2.88 bits per heavy atom. The Bertz CT molecular complexity index is 858. The first kappa shape index (κ1) is 16.0. The summed E-state index contributed by atoms with van der Waals surface area (Å²) < 4.78 is 1.71. The number of rotatable bonds is 5. The van der Waals surface area contributed by atoms with Crippen molar-refractivity contribution in [2.75, 3.05) is 0 Å². The standard InChI is InChI=1S/C17H20N6O/c1-11-14(13(3)23-17(22-11)19-10-20-23)7-8-16(24)21-12(2)15-6-4-5-9-18-15/h4-6,9-10,12H,7-8H2,1-3H3,(H,21,24). The van der Waals surface area contributed by atoms with Crippen molar-refractivity contribution in [3.8, 4) is 0 Å². The monoisotopic (exact) mass is 324 g/mol. The molecule has 0 saturated carbocycles. The fourth-order valence-electron chi connectivity index (χ4n) is 2.78. The largest absolute Gasteiger partial charge is 0.348 e. The molecule has 3 heterocycles. The minimum absolute atomic E-state index is 0.00867. The quantitative estimate of drug-likeness (QED) is 0.775. The second-order valence-electron chi connectivity index (χ2n) is 5.78. The van der Waals surface area contributed by atoms with Gasteiger partial charge in [-0.1, -0.05) is 6.07 Å². The summed E-state index contributed by atoms with van der Waals surface area (Å²) in [5, 5.41) is 7.15. The minimum atomic E-state index is -0.114. The molecule has 3 rings (SSSR count). The first-order valence-electron chi connectivity index (χ1n) is 7.92. The summed E-state index contributed by atoms with van der Waals surface area (Å²) in [7, 11) is 0. The Morgan fingerprint density at radius 2 is 2.12 bits per heavy atom. The summed E-state index contributed by atoms with van der Waals surface area (Å²) in [4.78, 5) is 25.0. The number of aromatic nitrogens is 5. The SMILES string of the molecule is Cc1nc2ncnn2c(C)c1CCC(=O)NC(C)c1ccccn1. The number of nitrogens with one attached hydrogen (secondary N) is 1. The molecule has 1 amide bonds. The van der Waals surface area contributed by atoms with Gasteiger partial charge in [0, 0.05) is 24.0 Å². The number of hydrogen-bond acceptors (Lipinski definition) is 5. The van der Waals surface area contributed by atoms with Crippen molar-refractivity contribution in [3.63, 3.8) is 0 Å². The number of carbonyl (C=O) groups is 1. The van der Waals surface area contributed by atoms with E-state index in [1.54, 1.807) is 10.7 Å². The average Bonchev–Trinajstić information content (AvgIpc) is 3.04. The molecule has 1 atom stereocenters. The van der Waals surface area contributed by atoms with Gasteiger partial charge in [-0.3, -0.25) is 9.78 Å². The van der Waals surface area contributed by atoms with Crippen LogP contribution in [0.3, 0.4) is 0 Å². The number of carbonyl (C=O) groups excluding carboxylic acids is 1. The highest BCUT2D eigenvalue weighted by Gasteiger charge is 2.14. The van der Waals surface area contributed by atoms with E-state index in [-0.39, 0.29) is 11.9 Å². The molecule has 0 aromatic carbocycles. The van der Waals surface area contributed by atoms with Gasteiger partial charge in [0.2, 0.25) is 5.91 Å². The van der Waals surface area contributed by atoms with Crippen molar-refractivity contribution in [3.05, 3.63) is 53.4 Å². The first-order valence-corrected chi connectivity index (χ1v) is 7.92. The molecule has 1 N–H and O–H groups in total. The molecule has 0 aliphatic rings. The summed E-state index contributed by atoms with van der Waals surface area (Å²) in [6, 6.07) is 5.56. The van der Waals surface area contributed by atoms with E-state index in [4.69, 9.17) is 0 Å². The fraction of sp³-hybridized carbons (Fsp3) is 0.353. The lowest BCUT2D eigenvalue weighted by atomic mass is 10.1. The highest BCUT2D eigenvalue weighted by molar-refractivity contribution is 5.76. The number of aryl methyl sites for hydroxylation is 2. The maximum Gasteiger partial charge on any atom is 0.252 e. The summed E-state index contributed by atoms with van der Waals surface area (Å²) in [5.41, 5.74) is 3.75. The van der Waals surface area contributed by atoms with Gasteiger partial charge in [0.1, 0.15) is 6.33 Å². The van der Waals surface area contributed by atoms with Crippen LogP contribution in [-0.4, -0.2) is 30.5 Å². The highest BCUT2D eigenvalue weighted by atomic mass is 16.1. The van der Waals surface area contributed by atoms with Crippen LogP contribution in [-0.2, 0) is 11.2 Å². The molecule has 0 aliphatic carbocycles. The molecule has 0 saturated heterocycles. The normalized spacial score (nSPS) is 12.3. The Morgan fingerprint density at radius 1 is 1.29 bits per heavy atom. The molecule has 0 fully saturated rings. The van der Waals surface area contributed by atoms with Crippen LogP contribution in [0, 0.1) is 13.8 Å². The van der Waals surface area contributed by atoms with Gasteiger partial charge in [-0.25, -0.2) is 9.50 Å². The summed E-state index contributed by atoms with van der Waals surface area (Å²) in [6.07, 6.45) is 4.21. The predicted octanol–water partition coefficient (Wildman–Crippen LogP) is 1.95. The number of nitrogens with zero attached hydrogens (tertiary/aromatic N) is 5. The van der Waals surface area contributed by atoms with Crippen LogP contribution in [0.5, 0.6) is 0 Å². The summed E-state index contributed by atoms with van der Waals surface area (Å²) >= 11 is 0. The number of pyridine rings is 1. The molecule has 7 heteroatoms. The van der Waals surface area contributed by atoms with Gasteiger partial charge in [0.15, 0.2) is 0 Å². The molecule has 24 heavy (non-hydrogen) atoms. The molecule has 0 bridgehead atoms. The Kier molecular flexibility index (Phi) is 4.50. The topological polar surface area (TPSA) is 85.1 Å². The van der Waals surface area contributed by atoms with E-state index < -0.39 is 0 Å². The first-order chi connectivity index (χ1) is 11.6. The van der Waals surface area contributed by atoms with E-state index in [0.717, 1.165) is 22.6 Å². The van der Waals surface area contributed by atoms with Crippen LogP contribution in [0.15, 0.2) is 30.7 Å². The molecule has 124 valence electrons. The van der Waals surface area contributed by atoms with Gasteiger partial charge in [0.05, 0.1) is 11.7 Å². The van der Waals surface area contributed by atoms with Crippen molar-refractivity contribution >= 4 is 11.7 Å². The molecular formula is C17H20N6O. The average molecular weight is 324 g/mol. The zero-order valence-electron chi connectivity index (χ0n) is 14.0. The lowest BCUT2D eigenvalue weighted by Crippen LogP contribution is -2.27. The molecular weight excluding hydrogens is 304 g/mol. The van der Waals surface area contributed by atoms with Gasteiger partial charge in [0.25, 0.3) is 5.78 Å². The van der Waals surface area contributed by atoms with Crippen molar-refractivity contribution in [1.82, 2.24) is 29.9 Å². The van der Waals surface area contributed by atoms with Gasteiger partial charge in [-0.15, -0.1) is 0 Å². The third-order valence-corrected chi connectivity index (χ3v) is 4.10. The minimum Gasteiger partial charge on any atom is -0.348 e. The van der Waals surface area contributed by atoms with E-state index in [2.05, 4.69) is 25.4 Å². The van der Waals surface area contributed by atoms with Crippen LogP contribution in [0.4, 0.5) is 0 Å². The third-order valence-electron chi connectivity index (χ3n) is 4.10. The summed E-state index contributed by atoms with van der Waals surface area (Å²) in [5.74, 6) is 0.576. The number of fused-ring (bicyclic) bond motifs is 1. The lowest BCUT2D eigenvalue weighted by Gasteiger charge is -2.14. The Labute approximate surface area is 140 Å². The number of hydrogen-bond donors (Lipinski definition) is 1. The van der Waals surface area contributed by atoms with E-state index in [9.17, 15) is 4.79 Å². The van der Waals surface area contributed by atoms with Crippen molar-refractivity contribution in [1.29, 1.82) is 0 Å². The van der Waals surface area contributed by atoms with Gasteiger partial charge < -0.3 is 5.32 Å². The van der Waals surface area contributed by atoms with Crippen molar-refractivity contribution in [2.24, 2.45) is 0 Å². The Balaban J connectivity index is 1.66. The molecule has 3 aromatic heterocycles. The molecule has 7 nitrogen and oxygen atoms in total. The van der Waals surface area contributed by atoms with Crippen molar-refractivity contribution < 1.29 is 4.79 Å². The van der Waals surface area contributed by atoms with E-state index in [1.165, 1.54) is 6.33 Å².